The fourth-order valence-electron chi connectivity index (χ4n) is 2.70. The molecule has 1 aromatic carbocycles. The van der Waals surface area contributed by atoms with Crippen LogP contribution in [0.2, 0.25) is 0 Å². The van der Waals surface area contributed by atoms with Crippen molar-refractivity contribution in [2.75, 3.05) is 7.11 Å². The maximum absolute atomic E-state index is 12.3. The summed E-state index contributed by atoms with van der Waals surface area (Å²) in [6.07, 6.45) is 4.97. The first-order valence-corrected chi connectivity index (χ1v) is 6.91. The van der Waals surface area contributed by atoms with Crippen LogP contribution in [0.25, 0.3) is 0 Å². The van der Waals surface area contributed by atoms with Gasteiger partial charge in [-0.05, 0) is 31.2 Å². The molecular formula is C16H20O3. The maximum Gasteiger partial charge on any atom is 0.305 e. The summed E-state index contributed by atoms with van der Waals surface area (Å²) in [5, 5.41) is 0. The highest BCUT2D eigenvalue weighted by Crippen LogP contribution is 2.28. The Kier molecular flexibility index (Phi) is 4.72. The second-order valence-corrected chi connectivity index (χ2v) is 5.08. The number of methoxy groups -OCH3 is 1. The highest BCUT2D eigenvalue weighted by molar-refractivity contribution is 6.00. The van der Waals surface area contributed by atoms with Crippen molar-refractivity contribution in [3.8, 4) is 0 Å². The Morgan fingerprint density at radius 1 is 1.32 bits per heavy atom. The van der Waals surface area contributed by atoms with E-state index in [1.54, 1.807) is 0 Å². The maximum atomic E-state index is 12.3. The molecule has 0 saturated carbocycles. The zero-order valence-corrected chi connectivity index (χ0v) is 11.4. The number of Topliss-reactive ketones (excluding diaryl/α,β-unsaturated/α-hetero) is 1. The van der Waals surface area contributed by atoms with E-state index in [1.807, 2.05) is 24.3 Å². The summed E-state index contributed by atoms with van der Waals surface area (Å²) in [4.78, 5) is 23.3. The van der Waals surface area contributed by atoms with E-state index in [1.165, 1.54) is 12.7 Å². The molecule has 0 amide bonds. The van der Waals surface area contributed by atoms with Gasteiger partial charge in [0.25, 0.3) is 0 Å². The minimum absolute atomic E-state index is 0.132. The molecule has 19 heavy (non-hydrogen) atoms. The molecule has 0 spiro atoms. The number of ether oxygens (including phenoxy) is 1. The standard InChI is InChI=1S/C16H20O3/c1-19-15(17)9-5-3-7-13-11-10-12-6-2-4-8-14(12)16(13)18/h2,4,6,8,13H,3,5,7,9-11H2,1H3. The molecule has 102 valence electrons. The number of carbonyl (C=O) groups excluding carboxylic acids is 2. The van der Waals surface area contributed by atoms with Gasteiger partial charge in [0, 0.05) is 17.9 Å². The first kappa shape index (κ1) is 13.8. The molecule has 0 heterocycles. The zero-order valence-electron chi connectivity index (χ0n) is 11.4. The number of rotatable bonds is 5. The fourth-order valence-corrected chi connectivity index (χ4v) is 2.70. The number of ketones is 1. The lowest BCUT2D eigenvalue weighted by molar-refractivity contribution is -0.140. The predicted octanol–water partition coefficient (Wildman–Crippen LogP) is 3.17. The van der Waals surface area contributed by atoms with Gasteiger partial charge in [0.1, 0.15) is 0 Å². The predicted molar refractivity (Wildman–Crippen MR) is 73.1 cm³/mol. The molecule has 0 aliphatic heterocycles. The molecule has 0 fully saturated rings. The third-order valence-corrected chi connectivity index (χ3v) is 3.83. The number of benzene rings is 1. The van der Waals surface area contributed by atoms with Crippen LogP contribution in [0, 0.1) is 5.92 Å². The van der Waals surface area contributed by atoms with Crippen molar-refractivity contribution in [1.82, 2.24) is 0 Å². The van der Waals surface area contributed by atoms with E-state index in [0.717, 1.165) is 37.7 Å². The quantitative estimate of drug-likeness (QED) is 0.603. The normalized spacial score (nSPS) is 17.9. The van der Waals surface area contributed by atoms with Gasteiger partial charge in [-0.3, -0.25) is 9.59 Å². The van der Waals surface area contributed by atoms with Crippen molar-refractivity contribution >= 4 is 11.8 Å². The van der Waals surface area contributed by atoms with Crippen LogP contribution in [-0.2, 0) is 16.0 Å². The first-order valence-electron chi connectivity index (χ1n) is 6.91. The number of aryl methyl sites for hydroxylation is 1. The van der Waals surface area contributed by atoms with Crippen LogP contribution in [-0.4, -0.2) is 18.9 Å². The molecule has 1 unspecified atom stereocenters. The summed E-state index contributed by atoms with van der Waals surface area (Å²) in [7, 11) is 1.41. The lowest BCUT2D eigenvalue weighted by atomic mass is 9.80. The molecule has 1 aromatic rings. The van der Waals surface area contributed by atoms with Crippen molar-refractivity contribution in [1.29, 1.82) is 0 Å². The van der Waals surface area contributed by atoms with Gasteiger partial charge in [0.05, 0.1) is 7.11 Å². The van der Waals surface area contributed by atoms with E-state index in [9.17, 15) is 9.59 Å². The third kappa shape index (κ3) is 3.43. The van der Waals surface area contributed by atoms with Crippen LogP contribution in [0.1, 0.15) is 48.0 Å². The summed E-state index contributed by atoms with van der Waals surface area (Å²) in [5.41, 5.74) is 2.07. The van der Waals surface area contributed by atoms with Gasteiger partial charge in [0.2, 0.25) is 0 Å². The molecule has 2 rings (SSSR count). The van der Waals surface area contributed by atoms with Gasteiger partial charge in [-0.2, -0.15) is 0 Å². The summed E-state index contributed by atoms with van der Waals surface area (Å²) in [6.45, 7) is 0. The molecule has 0 aromatic heterocycles. The minimum Gasteiger partial charge on any atom is -0.469 e. The Morgan fingerprint density at radius 2 is 2.11 bits per heavy atom. The fraction of sp³-hybridized carbons (Fsp3) is 0.500. The van der Waals surface area contributed by atoms with E-state index in [2.05, 4.69) is 4.74 Å². The largest absolute Gasteiger partial charge is 0.469 e. The Bertz CT molecular complexity index is 465. The lowest BCUT2D eigenvalue weighted by Crippen LogP contribution is -2.22. The molecule has 1 aliphatic carbocycles. The van der Waals surface area contributed by atoms with Gasteiger partial charge in [-0.15, -0.1) is 0 Å². The SMILES string of the molecule is COC(=O)CCCCC1CCc2ccccc2C1=O. The Balaban J connectivity index is 1.84. The van der Waals surface area contributed by atoms with Gasteiger partial charge in [0.15, 0.2) is 5.78 Å². The average molecular weight is 260 g/mol. The summed E-state index contributed by atoms with van der Waals surface area (Å²) < 4.78 is 4.60. The molecular weight excluding hydrogens is 240 g/mol. The van der Waals surface area contributed by atoms with Crippen LogP contribution in [0.4, 0.5) is 0 Å². The van der Waals surface area contributed by atoms with Crippen molar-refractivity contribution < 1.29 is 14.3 Å². The second kappa shape index (κ2) is 6.50. The molecule has 0 bridgehead atoms. The number of hydrogen-bond acceptors (Lipinski definition) is 3. The number of hydrogen-bond donors (Lipinski definition) is 0. The number of fused-ring (bicyclic) bond motifs is 1. The van der Waals surface area contributed by atoms with Gasteiger partial charge in [-0.25, -0.2) is 0 Å². The first-order chi connectivity index (χ1) is 9.22. The van der Waals surface area contributed by atoms with Crippen molar-refractivity contribution in [2.24, 2.45) is 5.92 Å². The van der Waals surface area contributed by atoms with E-state index in [4.69, 9.17) is 0 Å². The number of esters is 1. The number of unbranched alkanes of at least 4 members (excludes halogenated alkanes) is 1. The van der Waals surface area contributed by atoms with Gasteiger partial charge >= 0.3 is 5.97 Å². The van der Waals surface area contributed by atoms with E-state index in [0.29, 0.717) is 6.42 Å². The topological polar surface area (TPSA) is 43.4 Å². The van der Waals surface area contributed by atoms with Crippen LogP contribution in [0.15, 0.2) is 24.3 Å². The van der Waals surface area contributed by atoms with E-state index in [-0.39, 0.29) is 17.7 Å². The third-order valence-electron chi connectivity index (χ3n) is 3.83. The molecule has 0 N–H and O–H groups in total. The molecule has 0 saturated heterocycles. The van der Waals surface area contributed by atoms with Crippen LogP contribution in [0.5, 0.6) is 0 Å². The van der Waals surface area contributed by atoms with E-state index < -0.39 is 0 Å². The Hall–Kier alpha value is -1.64. The molecule has 1 aliphatic rings. The average Bonchev–Trinajstić information content (AvgIpc) is 2.45. The van der Waals surface area contributed by atoms with Gasteiger partial charge < -0.3 is 4.74 Å². The minimum atomic E-state index is -0.166. The van der Waals surface area contributed by atoms with E-state index >= 15 is 0 Å². The molecule has 0 radical (unpaired) electrons. The highest BCUT2D eigenvalue weighted by Gasteiger charge is 2.26. The monoisotopic (exact) mass is 260 g/mol. The van der Waals surface area contributed by atoms with Crippen LogP contribution >= 0.6 is 0 Å². The molecule has 3 nitrogen and oxygen atoms in total. The highest BCUT2D eigenvalue weighted by atomic mass is 16.5. The zero-order chi connectivity index (χ0) is 13.7. The van der Waals surface area contributed by atoms with Crippen LogP contribution in [0.3, 0.4) is 0 Å². The molecule has 3 heteroatoms. The van der Waals surface area contributed by atoms with Crippen molar-refractivity contribution in [3.63, 3.8) is 0 Å². The lowest BCUT2D eigenvalue weighted by Gasteiger charge is -2.23. The second-order valence-electron chi connectivity index (χ2n) is 5.08. The molecule has 1 atom stereocenters. The summed E-state index contributed by atoms with van der Waals surface area (Å²) in [6, 6.07) is 7.89. The Labute approximate surface area is 114 Å². The smallest absolute Gasteiger partial charge is 0.305 e. The summed E-state index contributed by atoms with van der Waals surface area (Å²) >= 11 is 0. The Morgan fingerprint density at radius 3 is 2.89 bits per heavy atom. The van der Waals surface area contributed by atoms with Crippen molar-refractivity contribution in [2.45, 2.75) is 38.5 Å². The van der Waals surface area contributed by atoms with Crippen LogP contribution < -0.4 is 0 Å². The summed E-state index contributed by atoms with van der Waals surface area (Å²) in [5.74, 6) is 0.243. The van der Waals surface area contributed by atoms with Gasteiger partial charge in [-0.1, -0.05) is 30.7 Å². The number of carbonyl (C=O) groups is 2. The van der Waals surface area contributed by atoms with Crippen molar-refractivity contribution in [3.05, 3.63) is 35.4 Å².